The fourth-order valence-electron chi connectivity index (χ4n) is 2.53. The van der Waals surface area contributed by atoms with Crippen LogP contribution < -0.4 is 5.43 Å². The predicted molar refractivity (Wildman–Crippen MR) is 93.8 cm³/mol. The van der Waals surface area contributed by atoms with Crippen LogP contribution in [0.15, 0.2) is 59.2 Å². The topological polar surface area (TPSA) is 83.8 Å². The van der Waals surface area contributed by atoms with E-state index in [0.717, 1.165) is 0 Å². The van der Waals surface area contributed by atoms with Crippen LogP contribution in [0, 0.1) is 0 Å². The third-order valence-corrected chi connectivity index (χ3v) is 3.79. The Kier molecular flexibility index (Phi) is 4.88. The molecule has 1 aromatic heterocycles. The monoisotopic (exact) mass is 355 g/mol. The molecule has 7 nitrogen and oxygen atoms in total. The molecule has 0 N–H and O–H groups in total. The van der Waals surface area contributed by atoms with E-state index < -0.39 is 18.2 Å². The van der Waals surface area contributed by atoms with Crippen LogP contribution in [-0.2, 0) is 23.8 Å². The minimum Gasteiger partial charge on any atom is -0.461 e. The van der Waals surface area contributed by atoms with Crippen LogP contribution in [0.4, 0.5) is 0 Å². The number of carbonyl (C=O) groups excluding carboxylic acids is 2. The van der Waals surface area contributed by atoms with Gasteiger partial charge >= 0.3 is 11.9 Å². The van der Waals surface area contributed by atoms with Crippen molar-refractivity contribution in [1.29, 1.82) is 0 Å². The Balaban J connectivity index is 2.04. The van der Waals surface area contributed by atoms with Crippen molar-refractivity contribution in [3.63, 3.8) is 0 Å². The Morgan fingerprint density at radius 2 is 2.04 bits per heavy atom. The fourth-order valence-corrected chi connectivity index (χ4v) is 2.53. The molecule has 2 heterocycles. The Labute approximate surface area is 149 Å². The van der Waals surface area contributed by atoms with Crippen LogP contribution in [0.1, 0.15) is 13.8 Å². The van der Waals surface area contributed by atoms with Crippen molar-refractivity contribution in [3.05, 3.63) is 64.7 Å². The Morgan fingerprint density at radius 1 is 1.27 bits per heavy atom. The van der Waals surface area contributed by atoms with Crippen molar-refractivity contribution >= 4 is 28.5 Å². The highest BCUT2D eigenvalue weighted by Crippen LogP contribution is 2.19. The summed E-state index contributed by atoms with van der Waals surface area (Å²) in [5, 5.41) is 0.452. The van der Waals surface area contributed by atoms with Crippen molar-refractivity contribution in [2.45, 2.75) is 20.1 Å². The highest BCUT2D eigenvalue weighted by atomic mass is 16.7. The summed E-state index contributed by atoms with van der Waals surface area (Å²) < 4.78 is 17.0. The van der Waals surface area contributed by atoms with E-state index in [4.69, 9.17) is 14.2 Å². The van der Waals surface area contributed by atoms with Gasteiger partial charge in [0.1, 0.15) is 6.26 Å². The number of rotatable bonds is 5. The minimum absolute atomic E-state index is 0.0528. The molecule has 0 saturated carbocycles. The SMILES string of the molecule is CCOC(=O)/C(=C/OC1C=C(C)C(=O)O1)n1ccc(=O)c2ccccc21. The van der Waals surface area contributed by atoms with Gasteiger partial charge in [0.2, 0.25) is 0 Å². The first kappa shape index (κ1) is 17.5. The van der Waals surface area contributed by atoms with Crippen LogP contribution in [-0.4, -0.2) is 29.4 Å². The smallest absolute Gasteiger partial charge is 0.358 e. The van der Waals surface area contributed by atoms with E-state index in [1.165, 1.54) is 29.2 Å². The number of esters is 2. The lowest BCUT2D eigenvalue weighted by Gasteiger charge is -2.15. The van der Waals surface area contributed by atoms with Crippen LogP contribution in [0.2, 0.25) is 0 Å². The molecule has 0 radical (unpaired) electrons. The molecule has 0 amide bonds. The molecule has 134 valence electrons. The number of carbonyl (C=O) groups is 2. The van der Waals surface area contributed by atoms with Gasteiger partial charge in [-0.05, 0) is 26.0 Å². The summed E-state index contributed by atoms with van der Waals surface area (Å²) >= 11 is 0. The predicted octanol–water partition coefficient (Wildman–Crippen LogP) is 2.21. The lowest BCUT2D eigenvalue weighted by molar-refractivity contribution is -0.152. The Morgan fingerprint density at radius 3 is 2.73 bits per heavy atom. The summed E-state index contributed by atoms with van der Waals surface area (Å²) in [5.41, 5.74) is 0.842. The number of nitrogens with zero attached hydrogens (tertiary/aromatic N) is 1. The summed E-state index contributed by atoms with van der Waals surface area (Å²) in [5.74, 6) is -1.11. The number of benzene rings is 1. The van der Waals surface area contributed by atoms with E-state index in [2.05, 4.69) is 0 Å². The van der Waals surface area contributed by atoms with E-state index in [0.29, 0.717) is 16.5 Å². The van der Waals surface area contributed by atoms with Crippen LogP contribution in [0.25, 0.3) is 16.6 Å². The molecule has 26 heavy (non-hydrogen) atoms. The van der Waals surface area contributed by atoms with Crippen molar-refractivity contribution in [2.75, 3.05) is 6.61 Å². The average molecular weight is 355 g/mol. The molecule has 1 aliphatic heterocycles. The van der Waals surface area contributed by atoms with Gasteiger partial charge < -0.3 is 18.8 Å². The van der Waals surface area contributed by atoms with Gasteiger partial charge in [-0.2, -0.15) is 0 Å². The van der Waals surface area contributed by atoms with Crippen molar-refractivity contribution in [3.8, 4) is 0 Å². The lowest BCUT2D eigenvalue weighted by atomic mass is 10.2. The molecule has 1 aromatic carbocycles. The Hall–Kier alpha value is -3.35. The van der Waals surface area contributed by atoms with Gasteiger partial charge in [-0.25, -0.2) is 9.59 Å². The molecule has 0 aliphatic carbocycles. The highest BCUT2D eigenvalue weighted by Gasteiger charge is 2.24. The fraction of sp³-hybridized carbons (Fsp3) is 0.211. The lowest BCUT2D eigenvalue weighted by Crippen LogP contribution is -2.17. The normalized spacial score (nSPS) is 17.0. The molecule has 0 spiro atoms. The van der Waals surface area contributed by atoms with E-state index in [1.54, 1.807) is 38.1 Å². The van der Waals surface area contributed by atoms with Crippen LogP contribution in [0.3, 0.4) is 0 Å². The molecule has 1 unspecified atom stereocenters. The van der Waals surface area contributed by atoms with E-state index >= 15 is 0 Å². The van der Waals surface area contributed by atoms with E-state index in [-0.39, 0.29) is 17.7 Å². The molecule has 2 aromatic rings. The second-order valence-electron chi connectivity index (χ2n) is 5.55. The van der Waals surface area contributed by atoms with Crippen molar-refractivity contribution < 1.29 is 23.8 Å². The number of pyridine rings is 1. The maximum absolute atomic E-state index is 12.4. The summed E-state index contributed by atoms with van der Waals surface area (Å²) in [6.45, 7) is 3.47. The van der Waals surface area contributed by atoms with Crippen molar-refractivity contribution in [2.24, 2.45) is 0 Å². The molecule has 0 saturated heterocycles. The number of fused-ring (bicyclic) bond motifs is 1. The largest absolute Gasteiger partial charge is 0.461 e. The molecular weight excluding hydrogens is 338 g/mol. The second kappa shape index (κ2) is 7.26. The number of hydrogen-bond donors (Lipinski definition) is 0. The summed E-state index contributed by atoms with van der Waals surface area (Å²) in [6.07, 6.45) is 3.23. The summed E-state index contributed by atoms with van der Waals surface area (Å²) in [4.78, 5) is 35.9. The first-order valence-electron chi connectivity index (χ1n) is 8.04. The van der Waals surface area contributed by atoms with Gasteiger partial charge in [0, 0.05) is 29.3 Å². The highest BCUT2D eigenvalue weighted by molar-refractivity contribution is 6.11. The summed E-state index contributed by atoms with van der Waals surface area (Å²) in [6, 6.07) is 8.23. The minimum atomic E-state index is -0.919. The van der Waals surface area contributed by atoms with Gasteiger partial charge in [-0.15, -0.1) is 0 Å². The number of aromatic nitrogens is 1. The molecule has 0 fully saturated rings. The maximum atomic E-state index is 12.4. The average Bonchev–Trinajstić information content (AvgIpc) is 2.95. The van der Waals surface area contributed by atoms with Crippen molar-refractivity contribution in [1.82, 2.24) is 4.57 Å². The van der Waals surface area contributed by atoms with E-state index in [9.17, 15) is 14.4 Å². The number of cyclic esters (lactones) is 1. The third kappa shape index (κ3) is 3.37. The van der Waals surface area contributed by atoms with Gasteiger partial charge in [0.25, 0.3) is 6.29 Å². The number of para-hydroxylation sites is 1. The van der Waals surface area contributed by atoms with Gasteiger partial charge in [0.15, 0.2) is 11.1 Å². The van der Waals surface area contributed by atoms with Gasteiger partial charge in [0.05, 0.1) is 12.1 Å². The maximum Gasteiger partial charge on any atom is 0.358 e. The third-order valence-electron chi connectivity index (χ3n) is 3.79. The molecule has 7 heteroatoms. The molecule has 1 aliphatic rings. The summed E-state index contributed by atoms with van der Waals surface area (Å²) in [7, 11) is 0. The zero-order chi connectivity index (χ0) is 18.7. The molecule has 0 bridgehead atoms. The Bertz CT molecular complexity index is 985. The van der Waals surface area contributed by atoms with E-state index in [1.807, 2.05) is 0 Å². The first-order chi connectivity index (χ1) is 12.5. The van der Waals surface area contributed by atoms with Crippen LogP contribution in [0.5, 0.6) is 0 Å². The number of hydrogen-bond acceptors (Lipinski definition) is 6. The quantitative estimate of drug-likeness (QED) is 0.464. The molecule has 1 atom stereocenters. The van der Waals surface area contributed by atoms with Crippen LogP contribution >= 0.6 is 0 Å². The zero-order valence-corrected chi connectivity index (χ0v) is 14.3. The van der Waals surface area contributed by atoms with Gasteiger partial charge in [-0.3, -0.25) is 4.79 Å². The number of ether oxygens (including phenoxy) is 3. The first-order valence-corrected chi connectivity index (χ1v) is 8.04. The second-order valence-corrected chi connectivity index (χ2v) is 5.55. The molecular formula is C19H17NO6. The molecule has 3 rings (SSSR count). The van der Waals surface area contributed by atoms with Gasteiger partial charge in [-0.1, -0.05) is 12.1 Å². The standard InChI is InChI=1S/C19H17NO6/c1-3-24-19(23)15(11-25-17-10-12(2)18(22)26-17)20-9-8-16(21)13-6-4-5-7-14(13)20/h4-11,17H,3H2,1-2H3/b15-11-. The zero-order valence-electron chi connectivity index (χ0n) is 14.3.